The summed E-state index contributed by atoms with van der Waals surface area (Å²) in [6, 6.07) is 3.32. The van der Waals surface area contributed by atoms with Crippen LogP contribution < -0.4 is 5.32 Å². The van der Waals surface area contributed by atoms with Gasteiger partial charge in [0.05, 0.1) is 12.2 Å². The maximum atomic E-state index is 12.9. The average Bonchev–Trinajstić information content (AvgIpc) is 2.27. The van der Waals surface area contributed by atoms with Crippen molar-refractivity contribution in [3.8, 4) is 0 Å². The van der Waals surface area contributed by atoms with Gasteiger partial charge in [-0.3, -0.25) is 0 Å². The third-order valence-electron chi connectivity index (χ3n) is 2.41. The van der Waals surface area contributed by atoms with Crippen molar-refractivity contribution >= 4 is 0 Å². The summed E-state index contributed by atoms with van der Waals surface area (Å²) in [5.74, 6) is -1.89. The molecule has 0 saturated heterocycles. The van der Waals surface area contributed by atoms with Crippen LogP contribution in [0.2, 0.25) is 0 Å². The van der Waals surface area contributed by atoms with Gasteiger partial charge in [-0.15, -0.1) is 0 Å². The van der Waals surface area contributed by atoms with E-state index in [0.717, 1.165) is 12.1 Å². The van der Waals surface area contributed by atoms with Gasteiger partial charge >= 0.3 is 0 Å². The molecule has 0 radical (unpaired) electrons. The summed E-state index contributed by atoms with van der Waals surface area (Å²) in [5, 5.41) is 21.6. The van der Waals surface area contributed by atoms with Crippen LogP contribution in [-0.2, 0) is 0 Å². The van der Waals surface area contributed by atoms with Crippen LogP contribution in [-0.4, -0.2) is 29.4 Å². The van der Waals surface area contributed by atoms with Crippen LogP contribution in [0.4, 0.5) is 8.78 Å². The predicted molar refractivity (Wildman–Crippen MR) is 60.5 cm³/mol. The molecule has 0 saturated carbocycles. The zero-order chi connectivity index (χ0) is 12.8. The summed E-state index contributed by atoms with van der Waals surface area (Å²) < 4.78 is 25.6. The van der Waals surface area contributed by atoms with E-state index in [-0.39, 0.29) is 6.54 Å². The number of benzene rings is 1. The standard InChI is InChI=1S/C12H17F2NO2/c1-8(16)4-5-15-7-12(17)9-2-3-10(13)11(14)6-9/h2-3,6,8,12,15-17H,4-5,7H2,1H3. The number of aliphatic hydroxyl groups is 2. The van der Waals surface area contributed by atoms with E-state index in [2.05, 4.69) is 5.32 Å². The molecule has 3 N–H and O–H groups in total. The Balaban J connectivity index is 2.41. The van der Waals surface area contributed by atoms with Crippen LogP contribution in [0.1, 0.15) is 25.0 Å². The minimum absolute atomic E-state index is 0.234. The van der Waals surface area contributed by atoms with E-state index >= 15 is 0 Å². The van der Waals surface area contributed by atoms with Crippen molar-refractivity contribution in [2.75, 3.05) is 13.1 Å². The molecule has 0 fully saturated rings. The molecule has 2 unspecified atom stereocenters. The number of hydrogen-bond acceptors (Lipinski definition) is 3. The Morgan fingerprint density at radius 2 is 1.94 bits per heavy atom. The number of rotatable bonds is 6. The van der Waals surface area contributed by atoms with Gasteiger partial charge in [0.1, 0.15) is 0 Å². The molecule has 1 aromatic carbocycles. The second kappa shape index (κ2) is 6.64. The van der Waals surface area contributed by atoms with Crippen LogP contribution in [0, 0.1) is 11.6 Å². The molecule has 0 aliphatic rings. The lowest BCUT2D eigenvalue weighted by atomic mass is 10.1. The Labute approximate surface area is 99.1 Å². The van der Waals surface area contributed by atoms with Gasteiger partial charge in [-0.25, -0.2) is 8.78 Å². The fourth-order valence-corrected chi connectivity index (χ4v) is 1.39. The Bertz CT molecular complexity index is 358. The molecule has 5 heteroatoms. The lowest BCUT2D eigenvalue weighted by Gasteiger charge is -2.13. The molecular formula is C12H17F2NO2. The zero-order valence-corrected chi connectivity index (χ0v) is 9.66. The summed E-state index contributed by atoms with van der Waals surface area (Å²) in [6.45, 7) is 2.46. The van der Waals surface area contributed by atoms with Crippen LogP contribution in [0.5, 0.6) is 0 Å². The third-order valence-corrected chi connectivity index (χ3v) is 2.41. The minimum Gasteiger partial charge on any atom is -0.393 e. The van der Waals surface area contributed by atoms with E-state index in [1.165, 1.54) is 6.07 Å². The van der Waals surface area contributed by atoms with E-state index in [0.29, 0.717) is 18.5 Å². The van der Waals surface area contributed by atoms with Crippen LogP contribution >= 0.6 is 0 Å². The second-order valence-electron chi connectivity index (χ2n) is 4.03. The van der Waals surface area contributed by atoms with Crippen LogP contribution in [0.15, 0.2) is 18.2 Å². The van der Waals surface area contributed by atoms with Crippen molar-refractivity contribution < 1.29 is 19.0 Å². The SMILES string of the molecule is CC(O)CCNCC(O)c1ccc(F)c(F)c1. The van der Waals surface area contributed by atoms with E-state index in [1.807, 2.05) is 0 Å². The molecule has 0 bridgehead atoms. The van der Waals surface area contributed by atoms with Crippen molar-refractivity contribution in [2.24, 2.45) is 0 Å². The largest absolute Gasteiger partial charge is 0.393 e. The van der Waals surface area contributed by atoms with Gasteiger partial charge in [0.15, 0.2) is 11.6 Å². The highest BCUT2D eigenvalue weighted by molar-refractivity contribution is 5.20. The Hall–Kier alpha value is -1.04. The topological polar surface area (TPSA) is 52.5 Å². The van der Waals surface area contributed by atoms with Crippen molar-refractivity contribution in [1.82, 2.24) is 5.32 Å². The van der Waals surface area contributed by atoms with E-state index in [1.54, 1.807) is 6.92 Å². The molecule has 0 spiro atoms. The summed E-state index contributed by atoms with van der Waals surface area (Å²) in [4.78, 5) is 0. The highest BCUT2D eigenvalue weighted by Gasteiger charge is 2.10. The lowest BCUT2D eigenvalue weighted by Crippen LogP contribution is -2.24. The summed E-state index contributed by atoms with van der Waals surface area (Å²) in [6.07, 6.45) is -0.716. The first-order valence-electron chi connectivity index (χ1n) is 5.52. The van der Waals surface area contributed by atoms with Gasteiger partial charge in [-0.2, -0.15) is 0 Å². The zero-order valence-electron chi connectivity index (χ0n) is 9.66. The highest BCUT2D eigenvalue weighted by atomic mass is 19.2. The average molecular weight is 245 g/mol. The fourth-order valence-electron chi connectivity index (χ4n) is 1.39. The fraction of sp³-hybridized carbons (Fsp3) is 0.500. The molecule has 2 atom stereocenters. The molecule has 0 amide bonds. The maximum absolute atomic E-state index is 12.9. The first-order chi connectivity index (χ1) is 8.00. The molecule has 3 nitrogen and oxygen atoms in total. The third kappa shape index (κ3) is 4.77. The highest BCUT2D eigenvalue weighted by Crippen LogP contribution is 2.15. The van der Waals surface area contributed by atoms with Crippen molar-refractivity contribution in [2.45, 2.75) is 25.6 Å². The molecular weight excluding hydrogens is 228 g/mol. The number of hydrogen-bond donors (Lipinski definition) is 3. The molecule has 0 aliphatic carbocycles. The quantitative estimate of drug-likeness (QED) is 0.663. The van der Waals surface area contributed by atoms with Crippen molar-refractivity contribution in [3.05, 3.63) is 35.4 Å². The molecule has 0 aromatic heterocycles. The monoisotopic (exact) mass is 245 g/mol. The first-order valence-corrected chi connectivity index (χ1v) is 5.52. The predicted octanol–water partition coefficient (Wildman–Crippen LogP) is 1.36. The molecule has 17 heavy (non-hydrogen) atoms. The Morgan fingerprint density at radius 1 is 1.24 bits per heavy atom. The van der Waals surface area contributed by atoms with Gasteiger partial charge < -0.3 is 15.5 Å². The second-order valence-corrected chi connectivity index (χ2v) is 4.03. The lowest BCUT2D eigenvalue weighted by molar-refractivity contribution is 0.162. The summed E-state index contributed by atoms with van der Waals surface area (Å²) in [7, 11) is 0. The van der Waals surface area contributed by atoms with Gasteiger partial charge in [0, 0.05) is 6.54 Å². The van der Waals surface area contributed by atoms with E-state index in [4.69, 9.17) is 5.11 Å². The Kier molecular flexibility index (Phi) is 5.47. The molecule has 0 heterocycles. The number of nitrogens with one attached hydrogen (secondary N) is 1. The van der Waals surface area contributed by atoms with Gasteiger partial charge in [0.25, 0.3) is 0 Å². The van der Waals surface area contributed by atoms with Crippen LogP contribution in [0.25, 0.3) is 0 Å². The van der Waals surface area contributed by atoms with Gasteiger partial charge in [-0.1, -0.05) is 6.07 Å². The smallest absolute Gasteiger partial charge is 0.159 e. The van der Waals surface area contributed by atoms with Crippen molar-refractivity contribution in [3.63, 3.8) is 0 Å². The number of aliphatic hydroxyl groups excluding tert-OH is 2. The van der Waals surface area contributed by atoms with Gasteiger partial charge in [-0.05, 0) is 37.6 Å². The number of halogens is 2. The minimum atomic E-state index is -0.967. The van der Waals surface area contributed by atoms with Crippen LogP contribution in [0.3, 0.4) is 0 Å². The Morgan fingerprint density at radius 3 is 2.53 bits per heavy atom. The summed E-state index contributed by atoms with van der Waals surface area (Å²) in [5.41, 5.74) is 0.327. The molecule has 1 rings (SSSR count). The van der Waals surface area contributed by atoms with E-state index < -0.39 is 23.8 Å². The van der Waals surface area contributed by atoms with E-state index in [9.17, 15) is 13.9 Å². The van der Waals surface area contributed by atoms with Gasteiger partial charge in [0.2, 0.25) is 0 Å². The summed E-state index contributed by atoms with van der Waals surface area (Å²) >= 11 is 0. The van der Waals surface area contributed by atoms with Crippen molar-refractivity contribution in [1.29, 1.82) is 0 Å². The molecule has 96 valence electrons. The molecule has 0 aliphatic heterocycles. The maximum Gasteiger partial charge on any atom is 0.159 e. The molecule has 1 aromatic rings. The first kappa shape index (κ1) is 14.0. The normalized spacial score (nSPS) is 14.6.